The van der Waals surface area contributed by atoms with Crippen LogP contribution < -0.4 is 10.5 Å². The molecule has 0 radical (unpaired) electrons. The van der Waals surface area contributed by atoms with Crippen molar-refractivity contribution in [2.24, 2.45) is 0 Å². The molecule has 0 heterocycles. The first-order chi connectivity index (χ1) is 9.82. The van der Waals surface area contributed by atoms with Gasteiger partial charge in [0.15, 0.2) is 0 Å². The van der Waals surface area contributed by atoms with Gasteiger partial charge in [-0.2, -0.15) is 0 Å². The van der Waals surface area contributed by atoms with Crippen LogP contribution in [0.5, 0.6) is 0 Å². The van der Waals surface area contributed by atoms with Gasteiger partial charge in [0.05, 0.1) is 0 Å². The van der Waals surface area contributed by atoms with Gasteiger partial charge in [-0.25, -0.2) is 0 Å². The Labute approximate surface area is 123 Å². The van der Waals surface area contributed by atoms with Crippen molar-refractivity contribution in [3.63, 3.8) is 0 Å². The van der Waals surface area contributed by atoms with E-state index in [-0.39, 0.29) is 0 Å². The van der Waals surface area contributed by atoms with Crippen LogP contribution in [0.3, 0.4) is 0 Å². The number of benzene rings is 3. The van der Waals surface area contributed by atoms with E-state index in [4.69, 9.17) is 0 Å². The van der Waals surface area contributed by atoms with Gasteiger partial charge in [0, 0.05) is 0 Å². The maximum absolute atomic E-state index is 13.9. The summed E-state index contributed by atoms with van der Waals surface area (Å²) in [6.07, 6.45) is 0. The summed E-state index contributed by atoms with van der Waals surface area (Å²) in [6, 6.07) is 29.6. The van der Waals surface area contributed by atoms with Crippen LogP contribution in [0.25, 0.3) is 0 Å². The molecule has 0 aliphatic carbocycles. The summed E-state index contributed by atoms with van der Waals surface area (Å²) in [4.78, 5) is 0. The van der Waals surface area contributed by atoms with Crippen molar-refractivity contribution in [2.75, 3.05) is 0 Å². The van der Waals surface area contributed by atoms with Crippen molar-refractivity contribution in [1.29, 1.82) is 0 Å². The molecular weight excluding hydrogens is 354 g/mol. The molecule has 0 unspecified atom stereocenters. The topological polar surface area (TPSA) is 17.1 Å². The number of hydrogen-bond acceptors (Lipinski definition) is 1. The monoisotopic (exact) mass is 368 g/mol. The van der Waals surface area contributed by atoms with E-state index in [0.717, 1.165) is 10.5 Å². The molecule has 3 aromatic carbocycles. The second-order valence-electron chi connectivity index (χ2n) is 4.62. The molecule has 3 rings (SSSR count). The van der Waals surface area contributed by atoms with Crippen LogP contribution in [0.2, 0.25) is 0 Å². The van der Waals surface area contributed by atoms with Crippen molar-refractivity contribution < 1.29 is 3.02 Å². The van der Waals surface area contributed by atoms with Crippen LogP contribution in [0.1, 0.15) is 0 Å². The summed E-state index contributed by atoms with van der Waals surface area (Å²) in [5.41, 5.74) is 0. The van der Waals surface area contributed by atoms with Gasteiger partial charge >= 0.3 is 123 Å². The molecule has 0 saturated carbocycles. The van der Waals surface area contributed by atoms with Gasteiger partial charge in [-0.1, -0.05) is 0 Å². The quantitative estimate of drug-likeness (QED) is 0.647. The maximum atomic E-state index is 13.9. The Balaban J connectivity index is 2.27. The molecule has 0 bridgehead atoms. The van der Waals surface area contributed by atoms with Crippen LogP contribution >= 0.6 is 0 Å². The Kier molecular flexibility index (Phi) is 3.80. The summed E-state index contributed by atoms with van der Waals surface area (Å²) >= 11 is -3.90. The Morgan fingerprint density at radius 1 is 0.450 bits per heavy atom. The van der Waals surface area contributed by atoms with E-state index < -0.39 is 18.8 Å². The molecule has 0 amide bonds. The molecule has 0 fully saturated rings. The van der Waals surface area contributed by atoms with Crippen LogP contribution in [0.15, 0.2) is 91.0 Å². The minimum atomic E-state index is -3.90. The SMILES string of the molecule is [O]=[Sb]([c]1ccccc1)([c]1ccccc1)[c]1ccccc1. The molecular formula is C18H15OSb. The molecule has 0 N–H and O–H groups in total. The predicted molar refractivity (Wildman–Crippen MR) is 84.7 cm³/mol. The van der Waals surface area contributed by atoms with Crippen molar-refractivity contribution in [2.45, 2.75) is 0 Å². The third-order valence-corrected chi connectivity index (χ3v) is 12.1. The third-order valence-electron chi connectivity index (χ3n) is 3.36. The summed E-state index contributed by atoms with van der Waals surface area (Å²) in [6.45, 7) is 0. The Morgan fingerprint density at radius 2 is 0.700 bits per heavy atom. The van der Waals surface area contributed by atoms with Crippen molar-refractivity contribution >= 4 is 29.3 Å². The molecule has 98 valence electrons. The fraction of sp³-hybridized carbons (Fsp3) is 0. The van der Waals surface area contributed by atoms with E-state index in [0.29, 0.717) is 0 Å². The molecule has 0 atom stereocenters. The second kappa shape index (κ2) is 5.73. The Morgan fingerprint density at radius 3 is 0.950 bits per heavy atom. The van der Waals surface area contributed by atoms with E-state index in [9.17, 15) is 3.02 Å². The van der Waals surface area contributed by atoms with Gasteiger partial charge in [0.1, 0.15) is 0 Å². The zero-order chi connectivity index (χ0) is 13.8. The van der Waals surface area contributed by atoms with Gasteiger partial charge in [-0.3, -0.25) is 0 Å². The average Bonchev–Trinajstić information content (AvgIpc) is 2.56. The predicted octanol–water partition coefficient (Wildman–Crippen LogP) is 2.08. The van der Waals surface area contributed by atoms with E-state index in [1.54, 1.807) is 0 Å². The van der Waals surface area contributed by atoms with Gasteiger partial charge < -0.3 is 0 Å². The third kappa shape index (κ3) is 2.34. The van der Waals surface area contributed by atoms with Crippen LogP contribution in [-0.2, 0) is 3.02 Å². The molecule has 3 aromatic rings. The molecule has 2 heteroatoms. The molecule has 0 aliphatic rings. The van der Waals surface area contributed by atoms with Crippen LogP contribution in [0, 0.1) is 0 Å². The van der Waals surface area contributed by atoms with Gasteiger partial charge in [-0.05, 0) is 0 Å². The fourth-order valence-corrected chi connectivity index (χ4v) is 9.98. The average molecular weight is 369 g/mol. The van der Waals surface area contributed by atoms with E-state index in [1.165, 1.54) is 0 Å². The zero-order valence-corrected chi connectivity index (χ0v) is 13.6. The first-order valence-corrected chi connectivity index (χ1v) is 11.5. The van der Waals surface area contributed by atoms with E-state index >= 15 is 0 Å². The Hall–Kier alpha value is -1.72. The number of hydrogen-bond donors (Lipinski definition) is 0. The summed E-state index contributed by atoms with van der Waals surface area (Å²) in [7, 11) is 0. The zero-order valence-electron chi connectivity index (χ0n) is 11.0. The Bertz CT molecular complexity index is 618. The summed E-state index contributed by atoms with van der Waals surface area (Å²) in [5.74, 6) is 0. The van der Waals surface area contributed by atoms with Gasteiger partial charge in [0.2, 0.25) is 0 Å². The molecule has 20 heavy (non-hydrogen) atoms. The van der Waals surface area contributed by atoms with E-state index in [1.807, 2.05) is 91.0 Å². The van der Waals surface area contributed by atoms with Gasteiger partial charge in [0.25, 0.3) is 0 Å². The van der Waals surface area contributed by atoms with Crippen molar-refractivity contribution in [1.82, 2.24) is 0 Å². The molecule has 0 spiro atoms. The van der Waals surface area contributed by atoms with E-state index in [2.05, 4.69) is 0 Å². The standard InChI is InChI=1S/3C6H5.O.Sb/c3*1-2-4-6-5-3-1;;/h3*1-5H;;. The number of rotatable bonds is 3. The first kappa shape index (κ1) is 13.3. The fourth-order valence-electron chi connectivity index (χ4n) is 2.36. The second-order valence-corrected chi connectivity index (χ2v) is 12.5. The summed E-state index contributed by atoms with van der Waals surface area (Å²) in [5, 5.41) is 0. The van der Waals surface area contributed by atoms with Gasteiger partial charge in [-0.15, -0.1) is 0 Å². The van der Waals surface area contributed by atoms with Crippen molar-refractivity contribution in [3.05, 3.63) is 91.0 Å². The molecule has 0 aliphatic heterocycles. The summed E-state index contributed by atoms with van der Waals surface area (Å²) < 4.78 is 16.8. The van der Waals surface area contributed by atoms with Crippen LogP contribution in [-0.4, -0.2) is 18.8 Å². The molecule has 1 nitrogen and oxygen atoms in total. The van der Waals surface area contributed by atoms with Crippen LogP contribution in [0.4, 0.5) is 0 Å². The molecule has 0 aromatic heterocycles. The normalized spacial score (nSPS) is 11.2. The van der Waals surface area contributed by atoms with Crippen molar-refractivity contribution in [3.8, 4) is 0 Å². The molecule has 0 saturated heterocycles. The first-order valence-electron chi connectivity index (χ1n) is 6.59. The minimum absolute atomic E-state index is 0.961.